The van der Waals surface area contributed by atoms with Crippen LogP contribution in [0.3, 0.4) is 0 Å². The van der Waals surface area contributed by atoms with E-state index in [1.165, 1.54) is 5.56 Å². The zero-order chi connectivity index (χ0) is 14.7. The Morgan fingerprint density at radius 3 is 2.71 bits per heavy atom. The summed E-state index contributed by atoms with van der Waals surface area (Å²) in [6, 6.07) is 16.4. The fraction of sp³-hybridized carbons (Fsp3) is 0.333. The number of rotatable bonds is 5. The molecule has 1 atom stereocenters. The lowest BCUT2D eigenvalue weighted by Crippen LogP contribution is -2.30. The second kappa shape index (κ2) is 6.08. The van der Waals surface area contributed by atoms with E-state index in [1.807, 2.05) is 24.3 Å². The monoisotopic (exact) mass is 282 g/mol. The van der Waals surface area contributed by atoms with Crippen LogP contribution in [0.4, 0.5) is 11.4 Å². The first-order valence-corrected chi connectivity index (χ1v) is 7.60. The van der Waals surface area contributed by atoms with Crippen LogP contribution in [0.25, 0.3) is 0 Å². The van der Waals surface area contributed by atoms with Crippen molar-refractivity contribution in [2.45, 2.75) is 19.3 Å². The SMILES string of the molecule is CCCN(CC1COc2ccccc21)c1ccccc1N. The number of hydrogen-bond acceptors (Lipinski definition) is 3. The lowest BCUT2D eigenvalue weighted by molar-refractivity contribution is 0.331. The van der Waals surface area contributed by atoms with Crippen LogP contribution in [0.2, 0.25) is 0 Å². The van der Waals surface area contributed by atoms with Gasteiger partial charge >= 0.3 is 0 Å². The summed E-state index contributed by atoms with van der Waals surface area (Å²) in [5, 5.41) is 0. The van der Waals surface area contributed by atoms with E-state index in [1.54, 1.807) is 0 Å². The summed E-state index contributed by atoms with van der Waals surface area (Å²) in [6.07, 6.45) is 1.10. The molecule has 1 heterocycles. The van der Waals surface area contributed by atoms with Gasteiger partial charge in [-0.15, -0.1) is 0 Å². The highest BCUT2D eigenvalue weighted by Gasteiger charge is 2.26. The average Bonchev–Trinajstić information content (AvgIpc) is 2.91. The van der Waals surface area contributed by atoms with Gasteiger partial charge in [0.1, 0.15) is 5.75 Å². The molecule has 3 nitrogen and oxygen atoms in total. The van der Waals surface area contributed by atoms with E-state index >= 15 is 0 Å². The molecule has 0 aromatic heterocycles. The minimum atomic E-state index is 0.410. The summed E-state index contributed by atoms with van der Waals surface area (Å²) in [6.45, 7) is 4.91. The van der Waals surface area contributed by atoms with Gasteiger partial charge in [0.15, 0.2) is 0 Å². The Morgan fingerprint density at radius 1 is 1.14 bits per heavy atom. The van der Waals surface area contributed by atoms with Crippen LogP contribution in [0.15, 0.2) is 48.5 Å². The number of nitrogen functional groups attached to an aromatic ring is 1. The largest absolute Gasteiger partial charge is 0.493 e. The van der Waals surface area contributed by atoms with Crippen molar-refractivity contribution >= 4 is 11.4 Å². The van der Waals surface area contributed by atoms with Gasteiger partial charge in [0.25, 0.3) is 0 Å². The average molecular weight is 282 g/mol. The molecule has 0 spiro atoms. The van der Waals surface area contributed by atoms with Crippen molar-refractivity contribution in [1.82, 2.24) is 0 Å². The lowest BCUT2D eigenvalue weighted by atomic mass is 10.0. The first-order chi connectivity index (χ1) is 10.3. The van der Waals surface area contributed by atoms with Gasteiger partial charge in [0.2, 0.25) is 0 Å². The van der Waals surface area contributed by atoms with Crippen LogP contribution in [0.5, 0.6) is 5.75 Å². The number of fused-ring (bicyclic) bond motifs is 1. The predicted molar refractivity (Wildman–Crippen MR) is 88.0 cm³/mol. The fourth-order valence-corrected chi connectivity index (χ4v) is 3.00. The molecule has 1 aliphatic heterocycles. The van der Waals surface area contributed by atoms with Gasteiger partial charge in [0, 0.05) is 24.6 Å². The van der Waals surface area contributed by atoms with Gasteiger partial charge in [-0.1, -0.05) is 37.3 Å². The van der Waals surface area contributed by atoms with E-state index in [2.05, 4.69) is 36.1 Å². The maximum absolute atomic E-state index is 6.15. The van der Waals surface area contributed by atoms with Crippen molar-refractivity contribution < 1.29 is 4.74 Å². The molecule has 21 heavy (non-hydrogen) atoms. The van der Waals surface area contributed by atoms with E-state index in [0.717, 1.165) is 43.2 Å². The minimum Gasteiger partial charge on any atom is -0.493 e. The standard InChI is InChI=1S/C18H22N2O/c1-2-11-20(17-9-5-4-8-16(17)19)12-14-13-21-18-10-6-3-7-15(14)18/h3-10,14H,2,11-13,19H2,1H3. The summed E-state index contributed by atoms with van der Waals surface area (Å²) in [5.41, 5.74) is 9.43. The second-order valence-electron chi connectivity index (χ2n) is 5.55. The highest BCUT2D eigenvalue weighted by molar-refractivity contribution is 5.67. The number of hydrogen-bond donors (Lipinski definition) is 1. The summed E-state index contributed by atoms with van der Waals surface area (Å²) < 4.78 is 5.80. The molecular formula is C18H22N2O. The van der Waals surface area contributed by atoms with Crippen molar-refractivity contribution in [2.24, 2.45) is 0 Å². The second-order valence-corrected chi connectivity index (χ2v) is 5.55. The Kier molecular flexibility index (Phi) is 4.00. The van der Waals surface area contributed by atoms with Crippen molar-refractivity contribution in [3.05, 3.63) is 54.1 Å². The zero-order valence-electron chi connectivity index (χ0n) is 12.5. The van der Waals surface area contributed by atoms with Crippen molar-refractivity contribution in [2.75, 3.05) is 30.3 Å². The Balaban J connectivity index is 1.82. The molecule has 0 saturated heterocycles. The number of nitrogens with two attached hydrogens (primary N) is 1. The van der Waals surface area contributed by atoms with Crippen LogP contribution in [0, 0.1) is 0 Å². The predicted octanol–water partition coefficient (Wildman–Crippen LogP) is 3.66. The molecule has 0 aliphatic carbocycles. The Bertz CT molecular complexity index is 612. The molecule has 0 radical (unpaired) electrons. The Morgan fingerprint density at radius 2 is 1.90 bits per heavy atom. The summed E-state index contributed by atoms with van der Waals surface area (Å²) in [7, 11) is 0. The molecule has 0 fully saturated rings. The third kappa shape index (κ3) is 2.82. The molecular weight excluding hydrogens is 260 g/mol. The summed E-state index contributed by atoms with van der Waals surface area (Å²) >= 11 is 0. The highest BCUT2D eigenvalue weighted by atomic mass is 16.5. The third-order valence-electron chi connectivity index (χ3n) is 4.01. The number of ether oxygens (including phenoxy) is 1. The minimum absolute atomic E-state index is 0.410. The lowest BCUT2D eigenvalue weighted by Gasteiger charge is -2.28. The quantitative estimate of drug-likeness (QED) is 0.851. The van der Waals surface area contributed by atoms with Gasteiger partial charge in [-0.05, 0) is 24.6 Å². The van der Waals surface area contributed by atoms with E-state index in [4.69, 9.17) is 10.5 Å². The third-order valence-corrected chi connectivity index (χ3v) is 4.01. The molecule has 3 heteroatoms. The van der Waals surface area contributed by atoms with E-state index in [0.29, 0.717) is 5.92 Å². The normalized spacial score (nSPS) is 16.3. The smallest absolute Gasteiger partial charge is 0.122 e. The van der Waals surface area contributed by atoms with Gasteiger partial charge in [-0.2, -0.15) is 0 Å². The molecule has 3 rings (SSSR count). The first-order valence-electron chi connectivity index (χ1n) is 7.60. The van der Waals surface area contributed by atoms with Gasteiger partial charge in [0.05, 0.1) is 18.0 Å². The first kappa shape index (κ1) is 13.8. The number of anilines is 2. The van der Waals surface area contributed by atoms with Crippen LogP contribution >= 0.6 is 0 Å². The molecule has 0 bridgehead atoms. The molecule has 2 aromatic rings. The van der Waals surface area contributed by atoms with Gasteiger partial charge < -0.3 is 15.4 Å². The maximum Gasteiger partial charge on any atom is 0.122 e. The van der Waals surface area contributed by atoms with Gasteiger partial charge in [-0.3, -0.25) is 0 Å². The van der Waals surface area contributed by atoms with Crippen LogP contribution < -0.4 is 15.4 Å². The number of benzene rings is 2. The maximum atomic E-state index is 6.15. The molecule has 1 unspecified atom stereocenters. The fourth-order valence-electron chi connectivity index (χ4n) is 3.00. The summed E-state index contributed by atoms with van der Waals surface area (Å²) in [5.74, 6) is 1.44. The molecule has 1 aliphatic rings. The highest BCUT2D eigenvalue weighted by Crippen LogP contribution is 2.35. The van der Waals surface area contributed by atoms with Crippen LogP contribution in [0.1, 0.15) is 24.8 Å². The number of para-hydroxylation sites is 3. The van der Waals surface area contributed by atoms with Crippen molar-refractivity contribution in [3.8, 4) is 5.75 Å². The molecule has 0 saturated carbocycles. The van der Waals surface area contributed by atoms with Gasteiger partial charge in [-0.25, -0.2) is 0 Å². The number of nitrogens with zero attached hydrogens (tertiary/aromatic N) is 1. The Labute approximate surface area is 126 Å². The molecule has 2 aromatic carbocycles. The van der Waals surface area contributed by atoms with E-state index in [-0.39, 0.29) is 0 Å². The molecule has 110 valence electrons. The van der Waals surface area contributed by atoms with Crippen LogP contribution in [-0.4, -0.2) is 19.7 Å². The van der Waals surface area contributed by atoms with E-state index < -0.39 is 0 Å². The van der Waals surface area contributed by atoms with Crippen molar-refractivity contribution in [3.63, 3.8) is 0 Å². The van der Waals surface area contributed by atoms with Crippen molar-refractivity contribution in [1.29, 1.82) is 0 Å². The Hall–Kier alpha value is -2.16. The molecule has 2 N–H and O–H groups in total. The zero-order valence-corrected chi connectivity index (χ0v) is 12.5. The topological polar surface area (TPSA) is 38.5 Å². The van der Waals surface area contributed by atoms with Crippen LogP contribution in [-0.2, 0) is 0 Å². The van der Waals surface area contributed by atoms with E-state index in [9.17, 15) is 0 Å². The summed E-state index contributed by atoms with van der Waals surface area (Å²) in [4.78, 5) is 2.38. The molecule has 0 amide bonds.